The molecule has 100 valence electrons. The summed E-state index contributed by atoms with van der Waals surface area (Å²) in [5, 5.41) is 0.268. The fourth-order valence-corrected chi connectivity index (χ4v) is 2.23. The Kier molecular flexibility index (Phi) is 4.38. The van der Waals surface area contributed by atoms with Crippen LogP contribution in [0.25, 0.3) is 0 Å². The van der Waals surface area contributed by atoms with E-state index in [0.29, 0.717) is 6.54 Å². The Balaban J connectivity index is 2.27. The number of nitrogens with zero attached hydrogens (tertiary/aromatic N) is 2. The van der Waals surface area contributed by atoms with E-state index >= 15 is 0 Å². The molecule has 0 amide bonds. The Morgan fingerprint density at radius 2 is 1.95 bits per heavy atom. The van der Waals surface area contributed by atoms with Gasteiger partial charge in [0.15, 0.2) is 0 Å². The molecule has 1 heterocycles. The predicted molar refractivity (Wildman–Crippen MR) is 77.7 cm³/mol. The van der Waals surface area contributed by atoms with E-state index in [0.717, 1.165) is 12.2 Å². The zero-order chi connectivity index (χ0) is 13.8. The van der Waals surface area contributed by atoms with Gasteiger partial charge in [-0.15, -0.1) is 0 Å². The molecule has 3 nitrogen and oxygen atoms in total. The van der Waals surface area contributed by atoms with Crippen molar-refractivity contribution in [1.82, 2.24) is 9.55 Å². The maximum atomic E-state index is 12.0. The van der Waals surface area contributed by atoms with Gasteiger partial charge < -0.3 is 0 Å². The number of aromatic nitrogens is 2. The molecule has 0 saturated heterocycles. The molecule has 0 aliphatic heterocycles. The van der Waals surface area contributed by atoms with E-state index in [-0.39, 0.29) is 16.6 Å². The zero-order valence-electron chi connectivity index (χ0n) is 11.1. The average Bonchev–Trinajstić information content (AvgIpc) is 2.38. The zero-order valence-corrected chi connectivity index (χ0v) is 11.9. The molecule has 0 N–H and O–H groups in total. The monoisotopic (exact) mass is 276 g/mol. The van der Waals surface area contributed by atoms with E-state index in [1.165, 1.54) is 11.6 Å². The first kappa shape index (κ1) is 13.8. The van der Waals surface area contributed by atoms with Gasteiger partial charge in [-0.2, -0.15) is 0 Å². The highest BCUT2D eigenvalue weighted by Crippen LogP contribution is 2.13. The van der Waals surface area contributed by atoms with Crippen molar-refractivity contribution < 1.29 is 0 Å². The van der Waals surface area contributed by atoms with Crippen LogP contribution in [0.4, 0.5) is 0 Å². The minimum atomic E-state index is -0.0837. The van der Waals surface area contributed by atoms with Crippen molar-refractivity contribution in [1.29, 1.82) is 0 Å². The summed E-state index contributed by atoms with van der Waals surface area (Å²) in [6, 6.07) is 11.5. The largest absolute Gasteiger partial charge is 0.296 e. The molecule has 4 heteroatoms. The second-order valence-corrected chi connectivity index (χ2v) is 5.20. The van der Waals surface area contributed by atoms with Crippen LogP contribution >= 0.6 is 11.6 Å². The van der Waals surface area contributed by atoms with Crippen LogP contribution in [0.3, 0.4) is 0 Å². The molecule has 0 saturated carbocycles. The molecular weight excluding hydrogens is 260 g/mol. The van der Waals surface area contributed by atoms with E-state index in [4.69, 9.17) is 11.6 Å². The number of rotatable bonds is 4. The summed E-state index contributed by atoms with van der Waals surface area (Å²) in [6.45, 7) is 4.65. The van der Waals surface area contributed by atoms with Crippen molar-refractivity contribution >= 4 is 11.6 Å². The van der Waals surface area contributed by atoms with Crippen molar-refractivity contribution in [3.63, 3.8) is 0 Å². The lowest BCUT2D eigenvalue weighted by Gasteiger charge is -2.14. The van der Waals surface area contributed by atoms with Gasteiger partial charge in [0.25, 0.3) is 5.56 Å². The summed E-state index contributed by atoms with van der Waals surface area (Å²) in [6.07, 6.45) is 0.809. The first-order chi connectivity index (χ1) is 9.08. The Morgan fingerprint density at radius 3 is 2.58 bits per heavy atom. The number of hydrogen-bond donors (Lipinski definition) is 0. The summed E-state index contributed by atoms with van der Waals surface area (Å²) in [4.78, 5) is 16.3. The average molecular weight is 277 g/mol. The molecule has 19 heavy (non-hydrogen) atoms. The van der Waals surface area contributed by atoms with Crippen LogP contribution in [0.1, 0.15) is 31.2 Å². The van der Waals surface area contributed by atoms with Crippen molar-refractivity contribution in [2.75, 3.05) is 0 Å². The molecular formula is C15H17ClN2O. The highest BCUT2D eigenvalue weighted by atomic mass is 35.5. The maximum absolute atomic E-state index is 12.0. The van der Waals surface area contributed by atoms with Gasteiger partial charge in [-0.1, -0.05) is 55.8 Å². The van der Waals surface area contributed by atoms with Crippen LogP contribution in [0.15, 0.2) is 41.2 Å². The molecule has 0 atom stereocenters. The van der Waals surface area contributed by atoms with Crippen LogP contribution in [0.2, 0.25) is 5.15 Å². The topological polar surface area (TPSA) is 34.9 Å². The fourth-order valence-electron chi connectivity index (χ4n) is 2.05. The SMILES string of the molecule is CC(C)c1nc(Cl)cc(=O)n1CCc1ccccc1. The number of hydrogen-bond acceptors (Lipinski definition) is 2. The Labute approximate surface area is 117 Å². The van der Waals surface area contributed by atoms with E-state index in [9.17, 15) is 4.79 Å². The van der Waals surface area contributed by atoms with Crippen LogP contribution in [-0.4, -0.2) is 9.55 Å². The van der Waals surface area contributed by atoms with E-state index in [2.05, 4.69) is 17.1 Å². The second kappa shape index (κ2) is 6.02. The number of aryl methyl sites for hydroxylation is 1. The lowest BCUT2D eigenvalue weighted by atomic mass is 10.1. The van der Waals surface area contributed by atoms with Gasteiger partial charge in [0.05, 0.1) is 0 Å². The minimum absolute atomic E-state index is 0.0837. The standard InChI is InChI=1S/C15H17ClN2O/c1-11(2)15-17-13(16)10-14(19)18(15)9-8-12-6-4-3-5-7-12/h3-7,10-11H,8-9H2,1-2H3. The Hall–Kier alpha value is -1.61. The number of halogens is 1. The fraction of sp³-hybridized carbons (Fsp3) is 0.333. The predicted octanol–water partition coefficient (Wildman–Crippen LogP) is 3.26. The third-order valence-electron chi connectivity index (χ3n) is 2.99. The molecule has 0 bridgehead atoms. The van der Waals surface area contributed by atoms with Gasteiger partial charge in [0, 0.05) is 18.5 Å². The summed E-state index contributed by atoms with van der Waals surface area (Å²) in [5.74, 6) is 0.913. The quantitative estimate of drug-likeness (QED) is 0.804. The Bertz CT molecular complexity index is 605. The molecule has 0 aliphatic carbocycles. The van der Waals surface area contributed by atoms with Crippen LogP contribution < -0.4 is 5.56 Å². The van der Waals surface area contributed by atoms with E-state index in [1.54, 1.807) is 4.57 Å². The molecule has 1 aromatic heterocycles. The third-order valence-corrected chi connectivity index (χ3v) is 3.18. The van der Waals surface area contributed by atoms with Crippen molar-refractivity contribution in [3.05, 3.63) is 63.3 Å². The lowest BCUT2D eigenvalue weighted by Crippen LogP contribution is -2.26. The summed E-state index contributed by atoms with van der Waals surface area (Å²) < 4.78 is 1.71. The first-order valence-electron chi connectivity index (χ1n) is 6.39. The molecule has 0 radical (unpaired) electrons. The molecule has 2 aromatic rings. The van der Waals surface area contributed by atoms with Gasteiger partial charge in [0.1, 0.15) is 11.0 Å². The maximum Gasteiger partial charge on any atom is 0.254 e. The molecule has 0 aliphatic rings. The highest BCUT2D eigenvalue weighted by Gasteiger charge is 2.11. The third kappa shape index (κ3) is 3.44. The molecule has 0 spiro atoms. The van der Waals surface area contributed by atoms with Crippen LogP contribution in [0, 0.1) is 0 Å². The second-order valence-electron chi connectivity index (χ2n) is 4.82. The number of benzene rings is 1. The molecule has 1 aromatic carbocycles. The van der Waals surface area contributed by atoms with E-state index < -0.39 is 0 Å². The molecule has 0 unspecified atom stereocenters. The van der Waals surface area contributed by atoms with Gasteiger partial charge >= 0.3 is 0 Å². The summed E-state index contributed by atoms with van der Waals surface area (Å²) in [7, 11) is 0. The normalized spacial score (nSPS) is 10.9. The van der Waals surface area contributed by atoms with Crippen molar-refractivity contribution in [2.45, 2.75) is 32.7 Å². The van der Waals surface area contributed by atoms with Crippen LogP contribution in [0.5, 0.6) is 0 Å². The Morgan fingerprint density at radius 1 is 1.26 bits per heavy atom. The molecule has 0 fully saturated rings. The lowest BCUT2D eigenvalue weighted by molar-refractivity contribution is 0.580. The summed E-state index contributed by atoms with van der Waals surface area (Å²) in [5.41, 5.74) is 1.12. The first-order valence-corrected chi connectivity index (χ1v) is 6.77. The minimum Gasteiger partial charge on any atom is -0.296 e. The van der Waals surface area contributed by atoms with Gasteiger partial charge in [-0.3, -0.25) is 9.36 Å². The van der Waals surface area contributed by atoms with Gasteiger partial charge in [-0.25, -0.2) is 4.98 Å². The summed E-state index contributed by atoms with van der Waals surface area (Å²) >= 11 is 5.86. The van der Waals surface area contributed by atoms with Gasteiger partial charge in [0.2, 0.25) is 0 Å². The van der Waals surface area contributed by atoms with E-state index in [1.807, 2.05) is 32.0 Å². The molecule has 2 rings (SSSR count). The van der Waals surface area contributed by atoms with Crippen molar-refractivity contribution in [3.8, 4) is 0 Å². The van der Waals surface area contributed by atoms with Gasteiger partial charge in [-0.05, 0) is 12.0 Å². The van der Waals surface area contributed by atoms with Crippen LogP contribution in [-0.2, 0) is 13.0 Å². The highest BCUT2D eigenvalue weighted by molar-refractivity contribution is 6.29. The van der Waals surface area contributed by atoms with Crippen molar-refractivity contribution in [2.24, 2.45) is 0 Å². The smallest absolute Gasteiger partial charge is 0.254 e.